The molecule has 5 rings (SSSR count). The molecule has 1 unspecified atom stereocenters. The van der Waals surface area contributed by atoms with Gasteiger partial charge in [0.05, 0.1) is 11.6 Å². The van der Waals surface area contributed by atoms with E-state index in [0.717, 1.165) is 5.56 Å². The summed E-state index contributed by atoms with van der Waals surface area (Å²) in [5.41, 5.74) is 2.55. The van der Waals surface area contributed by atoms with Crippen molar-refractivity contribution in [3.05, 3.63) is 94.0 Å². The van der Waals surface area contributed by atoms with Gasteiger partial charge in [0.15, 0.2) is 11.5 Å². The van der Waals surface area contributed by atoms with Crippen LogP contribution in [0.15, 0.2) is 72.3 Å². The lowest BCUT2D eigenvalue weighted by atomic mass is 9.94. The molecule has 1 atom stereocenters. The SMILES string of the molecule is Cc1cccc(C2/C(=C(\O)c3ccc(Cl)cc3)C(=O)C(=O)N2c2ccc3c(c2)OCO3)c1. The van der Waals surface area contributed by atoms with E-state index in [2.05, 4.69) is 0 Å². The lowest BCUT2D eigenvalue weighted by Crippen LogP contribution is -2.29. The van der Waals surface area contributed by atoms with Gasteiger partial charge < -0.3 is 14.6 Å². The van der Waals surface area contributed by atoms with Crippen molar-refractivity contribution in [3.8, 4) is 11.5 Å². The normalized spacial score (nSPS) is 18.9. The summed E-state index contributed by atoms with van der Waals surface area (Å²) in [6.45, 7) is 2.02. The van der Waals surface area contributed by atoms with E-state index < -0.39 is 17.7 Å². The summed E-state index contributed by atoms with van der Waals surface area (Å²) >= 11 is 5.97. The zero-order valence-electron chi connectivity index (χ0n) is 17.0. The molecular weight excluding hydrogens is 430 g/mol. The van der Waals surface area contributed by atoms with Crippen molar-refractivity contribution in [3.63, 3.8) is 0 Å². The lowest BCUT2D eigenvalue weighted by molar-refractivity contribution is -0.132. The Hall–Kier alpha value is -3.77. The zero-order chi connectivity index (χ0) is 22.4. The molecule has 0 bridgehead atoms. The topological polar surface area (TPSA) is 76.1 Å². The highest BCUT2D eigenvalue weighted by molar-refractivity contribution is 6.51. The number of ether oxygens (including phenoxy) is 2. The average molecular weight is 448 g/mol. The Balaban J connectivity index is 1.71. The Labute approximate surface area is 189 Å². The third-order valence-corrected chi connectivity index (χ3v) is 5.81. The van der Waals surface area contributed by atoms with Crippen molar-refractivity contribution in [2.75, 3.05) is 11.7 Å². The number of aliphatic hydroxyl groups is 1. The number of rotatable bonds is 3. The van der Waals surface area contributed by atoms with E-state index in [-0.39, 0.29) is 18.1 Å². The summed E-state index contributed by atoms with van der Waals surface area (Å²) < 4.78 is 10.8. The van der Waals surface area contributed by atoms with Gasteiger partial charge in [-0.15, -0.1) is 0 Å². The van der Waals surface area contributed by atoms with Crippen molar-refractivity contribution in [1.82, 2.24) is 0 Å². The molecule has 6 nitrogen and oxygen atoms in total. The first-order valence-electron chi connectivity index (χ1n) is 9.97. The zero-order valence-corrected chi connectivity index (χ0v) is 17.8. The summed E-state index contributed by atoms with van der Waals surface area (Å²) in [5.74, 6) is -0.689. The first kappa shape index (κ1) is 20.2. The molecule has 1 fully saturated rings. The molecule has 1 N–H and O–H groups in total. The number of carbonyl (C=O) groups is 2. The van der Waals surface area contributed by atoms with E-state index in [9.17, 15) is 14.7 Å². The second kappa shape index (κ2) is 7.73. The van der Waals surface area contributed by atoms with E-state index in [4.69, 9.17) is 21.1 Å². The molecule has 32 heavy (non-hydrogen) atoms. The monoisotopic (exact) mass is 447 g/mol. The molecule has 2 heterocycles. The standard InChI is InChI=1S/C25H18ClNO5/c1-14-3-2-4-16(11-14)22-21(23(28)15-5-7-17(26)8-6-15)24(29)25(30)27(22)18-9-10-19-20(12-18)32-13-31-19/h2-12,22,28H,13H2,1H3/b23-21+. The van der Waals surface area contributed by atoms with Crippen molar-refractivity contribution < 1.29 is 24.2 Å². The summed E-state index contributed by atoms with van der Waals surface area (Å²) in [4.78, 5) is 27.8. The largest absolute Gasteiger partial charge is 0.507 e. The Morgan fingerprint density at radius 1 is 1.00 bits per heavy atom. The van der Waals surface area contributed by atoms with Crippen LogP contribution in [0.5, 0.6) is 11.5 Å². The first-order valence-corrected chi connectivity index (χ1v) is 10.3. The summed E-state index contributed by atoms with van der Waals surface area (Å²) in [6.07, 6.45) is 0. The smallest absolute Gasteiger partial charge is 0.300 e. The number of fused-ring (bicyclic) bond motifs is 1. The fourth-order valence-electron chi connectivity index (χ4n) is 4.05. The van der Waals surface area contributed by atoms with Crippen molar-refractivity contribution in [2.45, 2.75) is 13.0 Å². The van der Waals surface area contributed by atoms with Gasteiger partial charge >= 0.3 is 0 Å². The molecule has 2 aliphatic heterocycles. The van der Waals surface area contributed by atoms with E-state index in [1.807, 2.05) is 31.2 Å². The predicted molar refractivity (Wildman–Crippen MR) is 120 cm³/mol. The van der Waals surface area contributed by atoms with Crippen LogP contribution in [0.2, 0.25) is 5.02 Å². The van der Waals surface area contributed by atoms with Crippen LogP contribution >= 0.6 is 11.6 Å². The number of aryl methyl sites for hydroxylation is 1. The second-order valence-electron chi connectivity index (χ2n) is 7.63. The molecule has 2 aliphatic rings. The van der Waals surface area contributed by atoms with Gasteiger partial charge in [0.2, 0.25) is 6.79 Å². The molecule has 0 saturated carbocycles. The number of hydrogen-bond donors (Lipinski definition) is 1. The highest BCUT2D eigenvalue weighted by Gasteiger charge is 2.47. The van der Waals surface area contributed by atoms with Crippen LogP contribution in [0.3, 0.4) is 0 Å². The maximum atomic E-state index is 13.2. The Morgan fingerprint density at radius 2 is 1.75 bits per heavy atom. The number of benzene rings is 3. The van der Waals surface area contributed by atoms with Crippen LogP contribution < -0.4 is 14.4 Å². The third-order valence-electron chi connectivity index (χ3n) is 5.55. The Bertz CT molecular complexity index is 1280. The summed E-state index contributed by atoms with van der Waals surface area (Å²) in [6, 6.07) is 18.2. The highest BCUT2D eigenvalue weighted by atomic mass is 35.5. The quantitative estimate of drug-likeness (QED) is 0.347. The van der Waals surface area contributed by atoms with Crippen LogP contribution in [0.4, 0.5) is 5.69 Å². The summed E-state index contributed by atoms with van der Waals surface area (Å²) in [5, 5.41) is 11.6. The lowest BCUT2D eigenvalue weighted by Gasteiger charge is -2.26. The fraction of sp³-hybridized carbons (Fsp3) is 0.120. The third kappa shape index (κ3) is 3.29. The number of carbonyl (C=O) groups excluding carboxylic acids is 2. The van der Waals surface area contributed by atoms with Gasteiger partial charge in [-0.05, 0) is 48.9 Å². The minimum Gasteiger partial charge on any atom is -0.507 e. The molecule has 160 valence electrons. The molecule has 0 aromatic heterocycles. The summed E-state index contributed by atoms with van der Waals surface area (Å²) in [7, 11) is 0. The van der Waals surface area contributed by atoms with Gasteiger partial charge in [-0.25, -0.2) is 0 Å². The van der Waals surface area contributed by atoms with E-state index >= 15 is 0 Å². The number of hydrogen-bond acceptors (Lipinski definition) is 5. The van der Waals surface area contributed by atoms with Crippen LogP contribution in [0.1, 0.15) is 22.7 Å². The molecule has 3 aromatic rings. The van der Waals surface area contributed by atoms with Crippen molar-refractivity contribution in [1.29, 1.82) is 0 Å². The average Bonchev–Trinajstić information content (AvgIpc) is 3.36. The maximum Gasteiger partial charge on any atom is 0.300 e. The van der Waals surface area contributed by atoms with Gasteiger partial charge in [0, 0.05) is 22.3 Å². The van der Waals surface area contributed by atoms with Gasteiger partial charge in [-0.3, -0.25) is 14.5 Å². The van der Waals surface area contributed by atoms with Gasteiger partial charge in [0.25, 0.3) is 11.7 Å². The van der Waals surface area contributed by atoms with Crippen LogP contribution in [0.25, 0.3) is 5.76 Å². The first-order chi connectivity index (χ1) is 15.4. The van der Waals surface area contributed by atoms with Crippen molar-refractivity contribution >= 4 is 34.7 Å². The molecule has 3 aromatic carbocycles. The van der Waals surface area contributed by atoms with Gasteiger partial charge in [-0.1, -0.05) is 41.4 Å². The minimum atomic E-state index is -0.814. The highest BCUT2D eigenvalue weighted by Crippen LogP contribution is 2.45. The van der Waals surface area contributed by atoms with Crippen LogP contribution in [-0.2, 0) is 9.59 Å². The fourth-order valence-corrected chi connectivity index (χ4v) is 4.18. The van der Waals surface area contributed by atoms with E-state index in [0.29, 0.717) is 33.3 Å². The van der Waals surface area contributed by atoms with Crippen LogP contribution in [0, 0.1) is 6.92 Å². The van der Waals surface area contributed by atoms with E-state index in [1.165, 1.54) is 4.90 Å². The number of nitrogens with zero attached hydrogens (tertiary/aromatic N) is 1. The molecule has 0 spiro atoms. The number of Topliss-reactive ketones (excluding diaryl/α,β-unsaturated/α-hetero) is 1. The Kier molecular flexibility index (Phi) is 4.87. The van der Waals surface area contributed by atoms with Crippen molar-refractivity contribution in [2.24, 2.45) is 0 Å². The maximum absolute atomic E-state index is 13.2. The molecule has 1 amide bonds. The number of aliphatic hydroxyl groups excluding tert-OH is 1. The number of halogens is 1. The predicted octanol–water partition coefficient (Wildman–Crippen LogP) is 5.00. The molecule has 0 aliphatic carbocycles. The van der Waals surface area contributed by atoms with Gasteiger partial charge in [0.1, 0.15) is 5.76 Å². The number of amides is 1. The van der Waals surface area contributed by atoms with Crippen LogP contribution in [-0.4, -0.2) is 23.6 Å². The molecule has 0 radical (unpaired) electrons. The van der Waals surface area contributed by atoms with E-state index in [1.54, 1.807) is 42.5 Å². The molecule has 7 heteroatoms. The van der Waals surface area contributed by atoms with Gasteiger partial charge in [-0.2, -0.15) is 0 Å². The molecule has 1 saturated heterocycles. The number of anilines is 1. The Morgan fingerprint density at radius 3 is 2.50 bits per heavy atom. The molecular formula is C25H18ClNO5. The minimum absolute atomic E-state index is 0.0144. The number of ketones is 1. The second-order valence-corrected chi connectivity index (χ2v) is 8.06.